The van der Waals surface area contributed by atoms with Crippen LogP contribution in [0.3, 0.4) is 0 Å². The van der Waals surface area contributed by atoms with Crippen molar-refractivity contribution in [3.05, 3.63) is 58.0 Å². The summed E-state index contributed by atoms with van der Waals surface area (Å²) < 4.78 is 0. The Labute approximate surface area is 169 Å². The van der Waals surface area contributed by atoms with E-state index in [1.807, 2.05) is 44.2 Å². The van der Waals surface area contributed by atoms with Gasteiger partial charge in [0.1, 0.15) is 17.5 Å². The molecule has 28 heavy (non-hydrogen) atoms. The monoisotopic (exact) mass is 395 g/mol. The highest BCUT2D eigenvalue weighted by Gasteiger charge is 2.07. The molecule has 0 bridgehead atoms. The maximum atomic E-state index is 12.2. The molecule has 2 heterocycles. The molecular formula is C21H25N5OS. The lowest BCUT2D eigenvalue weighted by atomic mass is 10.2. The van der Waals surface area contributed by atoms with Crippen LogP contribution in [-0.4, -0.2) is 22.4 Å². The summed E-state index contributed by atoms with van der Waals surface area (Å²) in [5.74, 6) is 2.25. The van der Waals surface area contributed by atoms with Crippen molar-refractivity contribution >= 4 is 40.3 Å². The predicted octanol–water partition coefficient (Wildman–Crippen LogP) is 4.90. The molecule has 146 valence electrons. The molecular weight excluding hydrogens is 370 g/mol. The fraction of sp³-hybridized carbons (Fsp3) is 0.286. The molecule has 3 N–H and O–H groups in total. The summed E-state index contributed by atoms with van der Waals surface area (Å²) >= 11 is 1.70. The number of rotatable bonds is 8. The number of hydrogen-bond acceptors (Lipinski definition) is 6. The van der Waals surface area contributed by atoms with E-state index in [1.54, 1.807) is 11.3 Å². The van der Waals surface area contributed by atoms with Gasteiger partial charge >= 0.3 is 0 Å². The van der Waals surface area contributed by atoms with Gasteiger partial charge in [-0.1, -0.05) is 0 Å². The molecule has 0 radical (unpaired) electrons. The largest absolute Gasteiger partial charge is 0.370 e. The van der Waals surface area contributed by atoms with Gasteiger partial charge in [-0.3, -0.25) is 4.79 Å². The first kappa shape index (κ1) is 19.8. The van der Waals surface area contributed by atoms with Crippen molar-refractivity contribution in [3.8, 4) is 0 Å². The van der Waals surface area contributed by atoms with Gasteiger partial charge in [0.2, 0.25) is 5.91 Å². The SMILES string of the molecule is CCNc1cc(Nc2ccc(NC(=O)CCc3sccc3C)cc2)nc(C)n1. The second-order valence-electron chi connectivity index (χ2n) is 6.49. The lowest BCUT2D eigenvalue weighted by molar-refractivity contribution is -0.116. The van der Waals surface area contributed by atoms with Crippen LogP contribution in [-0.2, 0) is 11.2 Å². The average Bonchev–Trinajstić information content (AvgIpc) is 3.06. The van der Waals surface area contributed by atoms with E-state index in [0.29, 0.717) is 12.2 Å². The van der Waals surface area contributed by atoms with Crippen LogP contribution in [0.25, 0.3) is 0 Å². The highest BCUT2D eigenvalue weighted by atomic mass is 32.1. The number of carbonyl (C=O) groups is 1. The Bertz CT molecular complexity index is 936. The molecule has 1 amide bonds. The molecule has 0 unspecified atom stereocenters. The number of aryl methyl sites for hydroxylation is 3. The van der Waals surface area contributed by atoms with Crippen LogP contribution in [0.4, 0.5) is 23.0 Å². The molecule has 0 aliphatic carbocycles. The maximum Gasteiger partial charge on any atom is 0.224 e. The molecule has 2 aromatic heterocycles. The first-order valence-electron chi connectivity index (χ1n) is 9.33. The van der Waals surface area contributed by atoms with Crippen LogP contribution in [0.15, 0.2) is 41.8 Å². The predicted molar refractivity (Wildman–Crippen MR) is 117 cm³/mol. The Balaban J connectivity index is 1.56. The first-order chi connectivity index (χ1) is 13.5. The minimum atomic E-state index is 0.0233. The number of anilines is 4. The van der Waals surface area contributed by atoms with Crippen molar-refractivity contribution in [1.29, 1.82) is 0 Å². The number of hydrogen-bond donors (Lipinski definition) is 3. The average molecular weight is 396 g/mol. The first-order valence-corrected chi connectivity index (χ1v) is 10.2. The number of nitrogens with zero attached hydrogens (tertiary/aromatic N) is 2. The Morgan fingerprint density at radius 3 is 2.43 bits per heavy atom. The van der Waals surface area contributed by atoms with Crippen LogP contribution in [0.2, 0.25) is 0 Å². The summed E-state index contributed by atoms with van der Waals surface area (Å²) in [6.45, 7) is 6.77. The topological polar surface area (TPSA) is 78.9 Å². The summed E-state index contributed by atoms with van der Waals surface area (Å²) in [6, 6.07) is 11.6. The van der Waals surface area contributed by atoms with Gasteiger partial charge in [0, 0.05) is 35.3 Å². The van der Waals surface area contributed by atoms with Crippen molar-refractivity contribution in [2.45, 2.75) is 33.6 Å². The third-order valence-corrected chi connectivity index (χ3v) is 5.27. The number of benzene rings is 1. The lowest BCUT2D eigenvalue weighted by Gasteiger charge is -2.10. The van der Waals surface area contributed by atoms with E-state index in [-0.39, 0.29) is 5.91 Å². The Hall–Kier alpha value is -2.93. The van der Waals surface area contributed by atoms with Gasteiger partial charge in [-0.25, -0.2) is 9.97 Å². The van der Waals surface area contributed by atoms with Gasteiger partial charge in [0.25, 0.3) is 0 Å². The molecule has 0 saturated heterocycles. The minimum Gasteiger partial charge on any atom is -0.370 e. The Morgan fingerprint density at radius 2 is 1.75 bits per heavy atom. The molecule has 1 aromatic carbocycles. The Morgan fingerprint density at radius 1 is 1.04 bits per heavy atom. The Kier molecular flexibility index (Phi) is 6.60. The second kappa shape index (κ2) is 9.32. The summed E-state index contributed by atoms with van der Waals surface area (Å²) in [5.41, 5.74) is 2.93. The van der Waals surface area contributed by atoms with Gasteiger partial charge in [-0.15, -0.1) is 11.3 Å². The fourth-order valence-corrected chi connectivity index (χ4v) is 3.71. The molecule has 0 fully saturated rings. The molecule has 0 aliphatic rings. The van der Waals surface area contributed by atoms with Crippen molar-refractivity contribution in [2.24, 2.45) is 0 Å². The van der Waals surface area contributed by atoms with E-state index in [9.17, 15) is 4.79 Å². The van der Waals surface area contributed by atoms with Crippen LogP contribution >= 0.6 is 11.3 Å². The summed E-state index contributed by atoms with van der Waals surface area (Å²) in [4.78, 5) is 22.2. The number of aromatic nitrogens is 2. The normalized spacial score (nSPS) is 10.5. The second-order valence-corrected chi connectivity index (χ2v) is 7.49. The van der Waals surface area contributed by atoms with E-state index >= 15 is 0 Å². The zero-order chi connectivity index (χ0) is 19.9. The molecule has 3 rings (SSSR count). The molecule has 6 nitrogen and oxygen atoms in total. The van der Waals surface area contributed by atoms with E-state index in [4.69, 9.17) is 0 Å². The zero-order valence-corrected chi connectivity index (χ0v) is 17.2. The van der Waals surface area contributed by atoms with E-state index in [2.05, 4.69) is 44.3 Å². The van der Waals surface area contributed by atoms with Crippen molar-refractivity contribution in [3.63, 3.8) is 0 Å². The lowest BCUT2D eigenvalue weighted by Crippen LogP contribution is -2.12. The highest BCUT2D eigenvalue weighted by molar-refractivity contribution is 7.10. The van der Waals surface area contributed by atoms with Gasteiger partial charge in [0.15, 0.2) is 0 Å². The van der Waals surface area contributed by atoms with Crippen LogP contribution in [0, 0.1) is 13.8 Å². The number of carbonyl (C=O) groups excluding carboxylic acids is 1. The number of amides is 1. The van der Waals surface area contributed by atoms with Crippen molar-refractivity contribution in [2.75, 3.05) is 22.5 Å². The van der Waals surface area contributed by atoms with Gasteiger partial charge in [-0.05, 0) is 68.5 Å². The molecule has 0 saturated carbocycles. The minimum absolute atomic E-state index is 0.0233. The molecule has 7 heteroatoms. The van der Waals surface area contributed by atoms with Gasteiger partial charge in [-0.2, -0.15) is 0 Å². The fourth-order valence-electron chi connectivity index (χ4n) is 2.80. The quantitative estimate of drug-likeness (QED) is 0.505. The van der Waals surface area contributed by atoms with Crippen molar-refractivity contribution < 1.29 is 4.79 Å². The van der Waals surface area contributed by atoms with Crippen LogP contribution in [0.5, 0.6) is 0 Å². The maximum absolute atomic E-state index is 12.2. The summed E-state index contributed by atoms with van der Waals surface area (Å²) in [7, 11) is 0. The van der Waals surface area contributed by atoms with E-state index in [1.165, 1.54) is 10.4 Å². The molecule has 0 aliphatic heterocycles. The standard InChI is InChI=1S/C21H25N5OS/c1-4-22-19-13-20(24-15(3)23-19)25-16-5-7-17(8-6-16)26-21(27)10-9-18-14(2)11-12-28-18/h5-8,11-13H,4,9-10H2,1-3H3,(H,26,27)(H2,22,23,24,25). The third-order valence-electron chi connectivity index (χ3n) is 4.18. The van der Waals surface area contributed by atoms with Crippen molar-refractivity contribution in [1.82, 2.24) is 9.97 Å². The third kappa shape index (κ3) is 5.53. The smallest absolute Gasteiger partial charge is 0.224 e. The van der Waals surface area contributed by atoms with Crippen LogP contribution in [0.1, 0.15) is 29.6 Å². The summed E-state index contributed by atoms with van der Waals surface area (Å²) in [6.07, 6.45) is 1.25. The molecule has 0 atom stereocenters. The van der Waals surface area contributed by atoms with Gasteiger partial charge < -0.3 is 16.0 Å². The number of thiophene rings is 1. The highest BCUT2D eigenvalue weighted by Crippen LogP contribution is 2.21. The van der Waals surface area contributed by atoms with E-state index < -0.39 is 0 Å². The molecule has 3 aromatic rings. The van der Waals surface area contributed by atoms with Crippen LogP contribution < -0.4 is 16.0 Å². The molecule has 0 spiro atoms. The summed E-state index contributed by atoms with van der Waals surface area (Å²) in [5, 5.41) is 11.5. The zero-order valence-electron chi connectivity index (χ0n) is 16.4. The number of nitrogens with one attached hydrogen (secondary N) is 3. The van der Waals surface area contributed by atoms with E-state index in [0.717, 1.165) is 36.0 Å². The van der Waals surface area contributed by atoms with Gasteiger partial charge in [0.05, 0.1) is 0 Å².